The minimum atomic E-state index is -1.37. The average Bonchev–Trinajstić information content (AvgIpc) is 3.22. The Morgan fingerprint density at radius 3 is 2.54 bits per heavy atom. The van der Waals surface area contributed by atoms with Crippen LogP contribution < -0.4 is 0 Å². The fraction of sp³-hybridized carbons (Fsp3) is 0.731. The van der Waals surface area contributed by atoms with Crippen molar-refractivity contribution in [2.75, 3.05) is 0 Å². The molecule has 196 valence electrons. The van der Waals surface area contributed by atoms with Gasteiger partial charge in [-0.1, -0.05) is 34.1 Å². The first-order chi connectivity index (χ1) is 16.2. The van der Waals surface area contributed by atoms with Crippen molar-refractivity contribution in [3.05, 3.63) is 23.7 Å². The van der Waals surface area contributed by atoms with Crippen LogP contribution in [0, 0.1) is 24.2 Å². The molecular formula is C26H38FNO7. The fourth-order valence-electron chi connectivity index (χ4n) is 4.86. The number of cyclic esters (lactones) is 1. The molecule has 0 amide bonds. The van der Waals surface area contributed by atoms with Gasteiger partial charge in [-0.15, -0.1) is 0 Å². The van der Waals surface area contributed by atoms with Crippen LogP contribution in [0.5, 0.6) is 0 Å². The molecular weight excluding hydrogens is 457 g/mol. The number of halogens is 1. The molecule has 2 saturated heterocycles. The molecule has 7 atom stereocenters. The van der Waals surface area contributed by atoms with E-state index < -0.39 is 53.5 Å². The first-order valence-corrected chi connectivity index (χ1v) is 12.3. The van der Waals surface area contributed by atoms with Gasteiger partial charge in [0.2, 0.25) is 0 Å². The summed E-state index contributed by atoms with van der Waals surface area (Å²) in [5.74, 6) is -2.37. The number of oxazole rings is 1. The highest BCUT2D eigenvalue weighted by molar-refractivity contribution is 5.88. The third-order valence-corrected chi connectivity index (χ3v) is 7.64. The second-order valence-corrected chi connectivity index (χ2v) is 10.9. The zero-order valence-electron chi connectivity index (χ0n) is 21.4. The maximum atomic E-state index is 15.2. The monoisotopic (exact) mass is 495 g/mol. The lowest BCUT2D eigenvalue weighted by Gasteiger charge is -2.34. The Morgan fingerprint density at radius 1 is 1.23 bits per heavy atom. The molecule has 35 heavy (non-hydrogen) atoms. The number of esters is 1. The smallest absolute Gasteiger partial charge is 0.309 e. The molecule has 3 rings (SSSR count). The number of nitrogens with zero attached hydrogens (tertiary/aromatic N) is 1. The SMILES string of the molecule is Cc1nc(/C=C(\F)[C@@H]2C[C@@H]3O[C@]3(C)CCC[C@H](C)[C@H](O)[C@@H](C)C(=O)C(C)(C)[C@@H](O)CC(=O)O2)co1. The van der Waals surface area contributed by atoms with Crippen LogP contribution in [-0.2, 0) is 19.1 Å². The third-order valence-electron chi connectivity index (χ3n) is 7.64. The standard InChI is InChI=1S/C26H38FNO7/c1-14-8-7-9-26(6)21(35-26)11-19(18(27)10-17-13-33-16(3)28-17)34-22(30)12-20(29)25(4,5)24(32)15(2)23(14)31/h10,13-15,19-21,23,29,31H,7-9,11-12H2,1-6H3/b18-10-/t14-,15+,19-,20-,21-,23-,26+/m0/s1. The third kappa shape index (κ3) is 6.37. The predicted molar refractivity (Wildman–Crippen MR) is 126 cm³/mol. The van der Waals surface area contributed by atoms with Crippen LogP contribution in [-0.4, -0.2) is 57.0 Å². The van der Waals surface area contributed by atoms with Crippen molar-refractivity contribution in [1.29, 1.82) is 0 Å². The first kappa shape index (κ1) is 27.5. The van der Waals surface area contributed by atoms with Gasteiger partial charge < -0.3 is 24.1 Å². The maximum absolute atomic E-state index is 15.2. The molecule has 1 aromatic rings. The van der Waals surface area contributed by atoms with E-state index in [1.54, 1.807) is 27.7 Å². The van der Waals surface area contributed by atoms with Crippen LogP contribution in [0.4, 0.5) is 4.39 Å². The van der Waals surface area contributed by atoms with Gasteiger partial charge in [0.05, 0.1) is 35.7 Å². The van der Waals surface area contributed by atoms with E-state index in [0.717, 1.165) is 12.5 Å². The van der Waals surface area contributed by atoms with Crippen LogP contribution in [0.25, 0.3) is 6.08 Å². The highest BCUT2D eigenvalue weighted by Crippen LogP contribution is 2.45. The molecule has 2 fully saturated rings. The summed E-state index contributed by atoms with van der Waals surface area (Å²) in [5, 5.41) is 21.5. The topological polar surface area (TPSA) is 122 Å². The molecule has 8 nitrogen and oxygen atoms in total. The molecule has 2 aliphatic rings. The number of epoxide rings is 1. The number of aliphatic hydroxyl groups excluding tert-OH is 2. The molecule has 2 N–H and O–H groups in total. The van der Waals surface area contributed by atoms with Gasteiger partial charge in [0.25, 0.3) is 0 Å². The summed E-state index contributed by atoms with van der Waals surface area (Å²) in [4.78, 5) is 29.9. The molecule has 0 unspecified atom stereocenters. The van der Waals surface area contributed by atoms with E-state index in [1.807, 2.05) is 13.8 Å². The summed E-state index contributed by atoms with van der Waals surface area (Å²) in [7, 11) is 0. The van der Waals surface area contributed by atoms with Crippen LogP contribution in [0.2, 0.25) is 0 Å². The average molecular weight is 496 g/mol. The van der Waals surface area contributed by atoms with Crippen molar-refractivity contribution < 1.29 is 38.1 Å². The van der Waals surface area contributed by atoms with Gasteiger partial charge in [0.15, 0.2) is 12.0 Å². The molecule has 0 aliphatic carbocycles. The van der Waals surface area contributed by atoms with Crippen molar-refractivity contribution in [3.8, 4) is 0 Å². The lowest BCUT2D eigenvalue weighted by atomic mass is 9.73. The van der Waals surface area contributed by atoms with Crippen molar-refractivity contribution in [2.45, 2.75) is 104 Å². The molecule has 2 aliphatic heterocycles. The number of aryl methyl sites for hydroxylation is 1. The number of Topliss-reactive ketones (excluding diaryl/α,β-unsaturated/α-hetero) is 1. The summed E-state index contributed by atoms with van der Waals surface area (Å²) in [5.41, 5.74) is -1.53. The number of rotatable bonds is 2. The van der Waals surface area contributed by atoms with Crippen molar-refractivity contribution in [3.63, 3.8) is 0 Å². The number of carbonyl (C=O) groups excluding carboxylic acids is 2. The Bertz CT molecular complexity index is 957. The van der Waals surface area contributed by atoms with Gasteiger partial charge in [-0.25, -0.2) is 9.37 Å². The van der Waals surface area contributed by atoms with Crippen LogP contribution in [0.1, 0.15) is 78.3 Å². The summed E-state index contributed by atoms with van der Waals surface area (Å²) in [6.07, 6.45) is 0.413. The molecule has 0 radical (unpaired) electrons. The Balaban J connectivity index is 1.85. The normalized spacial score (nSPS) is 37.5. The number of ether oxygens (including phenoxy) is 2. The first-order valence-electron chi connectivity index (χ1n) is 12.3. The molecule has 0 spiro atoms. The maximum Gasteiger partial charge on any atom is 0.309 e. The lowest BCUT2D eigenvalue weighted by molar-refractivity contribution is -0.155. The zero-order chi connectivity index (χ0) is 26.1. The molecule has 0 aromatic carbocycles. The van der Waals surface area contributed by atoms with Crippen LogP contribution in [0.3, 0.4) is 0 Å². The lowest BCUT2D eigenvalue weighted by Crippen LogP contribution is -2.45. The van der Waals surface area contributed by atoms with Crippen LogP contribution in [0.15, 0.2) is 16.5 Å². The Labute approximate surface area is 205 Å². The van der Waals surface area contributed by atoms with E-state index in [1.165, 1.54) is 6.26 Å². The van der Waals surface area contributed by atoms with Gasteiger partial charge in [0, 0.05) is 25.3 Å². The van der Waals surface area contributed by atoms with Gasteiger partial charge >= 0.3 is 5.97 Å². The second kappa shape index (κ2) is 10.5. The summed E-state index contributed by atoms with van der Waals surface area (Å²) >= 11 is 0. The van der Waals surface area contributed by atoms with E-state index in [-0.39, 0.29) is 29.9 Å². The van der Waals surface area contributed by atoms with Crippen molar-refractivity contribution in [1.82, 2.24) is 4.98 Å². The van der Waals surface area contributed by atoms with Gasteiger partial charge in [-0.05, 0) is 25.7 Å². The zero-order valence-corrected chi connectivity index (χ0v) is 21.4. The minimum Gasteiger partial charge on any atom is -0.455 e. The van der Waals surface area contributed by atoms with Gasteiger partial charge in [-0.3, -0.25) is 9.59 Å². The molecule has 3 heterocycles. The molecule has 0 saturated carbocycles. The quantitative estimate of drug-likeness (QED) is 0.468. The van der Waals surface area contributed by atoms with Crippen LogP contribution >= 0.6 is 0 Å². The Kier molecular flexibility index (Phi) is 8.23. The van der Waals surface area contributed by atoms with E-state index in [9.17, 15) is 19.8 Å². The molecule has 1 aromatic heterocycles. The number of hydrogen-bond acceptors (Lipinski definition) is 8. The number of carbonyl (C=O) groups is 2. The highest BCUT2D eigenvalue weighted by Gasteiger charge is 2.53. The number of aliphatic hydroxyl groups is 2. The van der Waals surface area contributed by atoms with E-state index in [0.29, 0.717) is 18.7 Å². The van der Waals surface area contributed by atoms with Gasteiger partial charge in [-0.2, -0.15) is 0 Å². The van der Waals surface area contributed by atoms with Crippen molar-refractivity contribution in [2.24, 2.45) is 17.3 Å². The van der Waals surface area contributed by atoms with E-state index in [4.69, 9.17) is 13.9 Å². The largest absolute Gasteiger partial charge is 0.455 e. The highest BCUT2D eigenvalue weighted by atomic mass is 19.1. The van der Waals surface area contributed by atoms with E-state index in [2.05, 4.69) is 4.98 Å². The molecule has 9 heteroatoms. The van der Waals surface area contributed by atoms with Gasteiger partial charge in [0.1, 0.15) is 23.6 Å². The summed E-state index contributed by atoms with van der Waals surface area (Å²) in [6.45, 7) is 10.2. The number of hydrogen-bond donors (Lipinski definition) is 2. The minimum absolute atomic E-state index is 0.106. The summed E-state index contributed by atoms with van der Waals surface area (Å²) in [6, 6.07) is 0. The number of aromatic nitrogens is 1. The molecule has 0 bridgehead atoms. The fourth-order valence-corrected chi connectivity index (χ4v) is 4.86. The predicted octanol–water partition coefficient (Wildman–Crippen LogP) is 3.92. The number of ketones is 1. The summed E-state index contributed by atoms with van der Waals surface area (Å²) < 4.78 is 31.7. The van der Waals surface area contributed by atoms with Crippen molar-refractivity contribution >= 4 is 17.8 Å². The Hall–Kier alpha value is -2.10. The number of fused-ring (bicyclic) bond motifs is 1. The second-order valence-electron chi connectivity index (χ2n) is 10.9. The van der Waals surface area contributed by atoms with E-state index >= 15 is 4.39 Å². The Morgan fingerprint density at radius 2 is 1.91 bits per heavy atom.